The molecule has 0 aromatic heterocycles. The Bertz CT molecular complexity index is 1050. The van der Waals surface area contributed by atoms with Crippen LogP contribution in [0.3, 0.4) is 0 Å². The van der Waals surface area contributed by atoms with E-state index in [2.05, 4.69) is 16.0 Å². The zero-order valence-corrected chi connectivity index (χ0v) is 17.5. The molecule has 4 rings (SSSR count). The highest BCUT2D eigenvalue weighted by molar-refractivity contribution is 6.31. The van der Waals surface area contributed by atoms with Gasteiger partial charge in [0.05, 0.1) is 12.1 Å². The van der Waals surface area contributed by atoms with Crippen LogP contribution in [0.1, 0.15) is 35.2 Å². The Morgan fingerprint density at radius 3 is 2.77 bits per heavy atom. The average Bonchev–Trinajstić information content (AvgIpc) is 2.87. The van der Waals surface area contributed by atoms with Crippen molar-refractivity contribution in [2.45, 2.75) is 31.5 Å². The maximum Gasteiger partial charge on any atom is 0.255 e. The van der Waals surface area contributed by atoms with Gasteiger partial charge in [-0.05, 0) is 36.2 Å². The highest BCUT2D eigenvalue weighted by atomic mass is 35.5. The first-order chi connectivity index (χ1) is 14.8. The molecule has 9 heteroatoms. The summed E-state index contributed by atoms with van der Waals surface area (Å²) in [5, 5.41) is 9.33. The fourth-order valence-corrected chi connectivity index (χ4v) is 4.16. The summed E-state index contributed by atoms with van der Waals surface area (Å²) in [6, 6.07) is 11.2. The number of fused-ring (bicyclic) bond motifs is 1. The molecule has 2 aromatic rings. The van der Waals surface area contributed by atoms with Crippen LogP contribution in [-0.2, 0) is 16.1 Å². The number of carbonyl (C=O) groups excluding carboxylic acids is 3. The van der Waals surface area contributed by atoms with Crippen LogP contribution in [0.5, 0.6) is 0 Å². The highest BCUT2D eigenvalue weighted by Gasteiger charge is 2.40. The SMILES string of the molecule is O=C(CN1CCC2(CCC1=O)NC(=O)c1ccccc1N2)NCc1ccc(F)cc1Cl. The van der Waals surface area contributed by atoms with Crippen molar-refractivity contribution < 1.29 is 18.8 Å². The minimum atomic E-state index is -0.728. The lowest BCUT2D eigenvalue weighted by molar-refractivity contribution is -0.135. The van der Waals surface area contributed by atoms with Crippen LogP contribution in [0, 0.1) is 5.82 Å². The standard InChI is InChI=1S/C22H22ClFN4O3/c23-17-11-15(24)6-5-14(17)12-25-19(29)13-28-10-9-22(8-7-20(28)30)26-18-4-2-1-3-16(18)21(31)27-22/h1-6,11,26H,7-10,12-13H2,(H,25,29)(H,27,31). The van der Waals surface area contributed by atoms with E-state index >= 15 is 0 Å². The molecular weight excluding hydrogens is 423 g/mol. The topological polar surface area (TPSA) is 90.5 Å². The summed E-state index contributed by atoms with van der Waals surface area (Å²) in [5.41, 5.74) is 1.17. The van der Waals surface area contributed by atoms with Gasteiger partial charge in [-0.15, -0.1) is 0 Å². The van der Waals surface area contributed by atoms with Gasteiger partial charge < -0.3 is 20.9 Å². The Hall–Kier alpha value is -3.13. The number of nitrogens with zero attached hydrogens (tertiary/aromatic N) is 1. The van der Waals surface area contributed by atoms with Gasteiger partial charge in [-0.2, -0.15) is 0 Å². The van der Waals surface area contributed by atoms with E-state index in [0.29, 0.717) is 30.5 Å². The van der Waals surface area contributed by atoms with Gasteiger partial charge in [0.25, 0.3) is 5.91 Å². The van der Waals surface area contributed by atoms with Gasteiger partial charge in [-0.3, -0.25) is 14.4 Å². The minimum absolute atomic E-state index is 0.0989. The van der Waals surface area contributed by atoms with E-state index < -0.39 is 11.5 Å². The molecule has 1 fully saturated rings. The third-order valence-electron chi connectivity index (χ3n) is 5.65. The van der Waals surface area contributed by atoms with Crippen LogP contribution in [0.4, 0.5) is 10.1 Å². The molecule has 2 aromatic carbocycles. The largest absolute Gasteiger partial charge is 0.362 e. The maximum atomic E-state index is 13.1. The van der Waals surface area contributed by atoms with E-state index in [1.54, 1.807) is 12.1 Å². The summed E-state index contributed by atoms with van der Waals surface area (Å²) in [4.78, 5) is 39.0. The first-order valence-corrected chi connectivity index (χ1v) is 10.4. The van der Waals surface area contributed by atoms with Crippen LogP contribution in [0.2, 0.25) is 5.02 Å². The maximum absolute atomic E-state index is 13.1. The molecule has 1 saturated heterocycles. The third-order valence-corrected chi connectivity index (χ3v) is 6.00. The molecule has 0 radical (unpaired) electrons. The molecule has 2 aliphatic heterocycles. The van der Waals surface area contributed by atoms with E-state index in [4.69, 9.17) is 11.6 Å². The summed E-state index contributed by atoms with van der Waals surface area (Å²) >= 11 is 5.98. The number of hydrogen-bond acceptors (Lipinski definition) is 4. The molecule has 7 nitrogen and oxygen atoms in total. The van der Waals surface area contributed by atoms with E-state index in [1.807, 2.05) is 12.1 Å². The normalized spacial score (nSPS) is 20.5. The summed E-state index contributed by atoms with van der Waals surface area (Å²) in [7, 11) is 0. The third kappa shape index (κ3) is 4.64. The number of hydrogen-bond donors (Lipinski definition) is 3. The van der Waals surface area contributed by atoms with E-state index in [1.165, 1.54) is 23.1 Å². The van der Waals surface area contributed by atoms with Crippen molar-refractivity contribution in [3.05, 3.63) is 64.4 Å². The molecule has 0 aliphatic carbocycles. The van der Waals surface area contributed by atoms with Gasteiger partial charge in [0.15, 0.2) is 0 Å². The molecule has 2 aliphatic rings. The molecule has 3 amide bonds. The summed E-state index contributed by atoms with van der Waals surface area (Å²) in [5.74, 6) is -1.11. The predicted octanol–water partition coefficient (Wildman–Crippen LogP) is 2.66. The fraction of sp³-hybridized carbons (Fsp3) is 0.318. The number of anilines is 1. The van der Waals surface area contributed by atoms with Gasteiger partial charge in [0, 0.05) is 36.6 Å². The van der Waals surface area contributed by atoms with E-state index in [-0.39, 0.29) is 42.3 Å². The van der Waals surface area contributed by atoms with Crippen LogP contribution >= 0.6 is 11.6 Å². The molecule has 31 heavy (non-hydrogen) atoms. The molecule has 1 atom stereocenters. The lowest BCUT2D eigenvalue weighted by atomic mass is 9.95. The minimum Gasteiger partial charge on any atom is -0.362 e. The van der Waals surface area contributed by atoms with Gasteiger partial charge in [0.1, 0.15) is 11.5 Å². The number of rotatable bonds is 4. The molecule has 162 valence electrons. The molecule has 3 N–H and O–H groups in total. The lowest BCUT2D eigenvalue weighted by Crippen LogP contribution is -2.58. The molecule has 1 spiro atoms. The second-order valence-electron chi connectivity index (χ2n) is 7.78. The van der Waals surface area contributed by atoms with Crippen LogP contribution < -0.4 is 16.0 Å². The number of benzene rings is 2. The zero-order valence-electron chi connectivity index (χ0n) is 16.7. The predicted molar refractivity (Wildman–Crippen MR) is 114 cm³/mol. The lowest BCUT2D eigenvalue weighted by Gasteiger charge is -2.39. The quantitative estimate of drug-likeness (QED) is 0.676. The highest BCUT2D eigenvalue weighted by Crippen LogP contribution is 2.31. The van der Waals surface area contributed by atoms with Crippen LogP contribution in [-0.4, -0.2) is 41.4 Å². The summed E-state index contributed by atoms with van der Waals surface area (Å²) in [6.07, 6.45) is 1.09. The first kappa shape index (κ1) is 21.1. The van der Waals surface area contributed by atoms with Crippen LogP contribution in [0.15, 0.2) is 42.5 Å². The molecular formula is C22H22ClFN4O3. The van der Waals surface area contributed by atoms with Crippen molar-refractivity contribution >= 4 is 35.0 Å². The first-order valence-electron chi connectivity index (χ1n) is 10.0. The second kappa shape index (κ2) is 8.55. The number of nitrogens with one attached hydrogen (secondary N) is 3. The molecule has 2 heterocycles. The number of likely N-dealkylation sites (tertiary alicyclic amines) is 1. The second-order valence-corrected chi connectivity index (χ2v) is 8.19. The summed E-state index contributed by atoms with van der Waals surface area (Å²) in [6.45, 7) is 0.357. The van der Waals surface area contributed by atoms with Crippen molar-refractivity contribution in [1.29, 1.82) is 0 Å². The fourth-order valence-electron chi connectivity index (χ4n) is 3.92. The monoisotopic (exact) mass is 444 g/mol. The molecule has 0 saturated carbocycles. The van der Waals surface area contributed by atoms with Crippen molar-refractivity contribution in [3.8, 4) is 0 Å². The molecule has 1 unspecified atom stereocenters. The van der Waals surface area contributed by atoms with Gasteiger partial charge in [-0.1, -0.05) is 29.8 Å². The number of para-hydroxylation sites is 1. The number of amides is 3. The Labute approximate surface area is 183 Å². The van der Waals surface area contributed by atoms with E-state index in [9.17, 15) is 18.8 Å². The van der Waals surface area contributed by atoms with Gasteiger partial charge >= 0.3 is 0 Å². The molecule has 0 bridgehead atoms. The average molecular weight is 445 g/mol. The Morgan fingerprint density at radius 2 is 1.97 bits per heavy atom. The van der Waals surface area contributed by atoms with Crippen molar-refractivity contribution in [3.63, 3.8) is 0 Å². The van der Waals surface area contributed by atoms with Crippen molar-refractivity contribution in [2.24, 2.45) is 0 Å². The van der Waals surface area contributed by atoms with Crippen molar-refractivity contribution in [2.75, 3.05) is 18.4 Å². The van der Waals surface area contributed by atoms with Gasteiger partial charge in [-0.25, -0.2) is 4.39 Å². The number of halogens is 2. The van der Waals surface area contributed by atoms with E-state index in [0.717, 1.165) is 5.69 Å². The Kier molecular flexibility index (Phi) is 5.82. The summed E-state index contributed by atoms with van der Waals surface area (Å²) < 4.78 is 13.1. The van der Waals surface area contributed by atoms with Gasteiger partial charge in [0.2, 0.25) is 11.8 Å². The Balaban J connectivity index is 1.37. The Morgan fingerprint density at radius 1 is 1.16 bits per heavy atom. The van der Waals surface area contributed by atoms with Crippen LogP contribution in [0.25, 0.3) is 0 Å². The number of carbonyl (C=O) groups is 3. The smallest absolute Gasteiger partial charge is 0.255 e. The van der Waals surface area contributed by atoms with Crippen molar-refractivity contribution in [1.82, 2.24) is 15.5 Å². The zero-order chi connectivity index (χ0) is 22.0.